The summed E-state index contributed by atoms with van der Waals surface area (Å²) in [5.41, 5.74) is 1.31. The number of methoxy groups -OCH3 is 1. The fourth-order valence-electron chi connectivity index (χ4n) is 2.92. The summed E-state index contributed by atoms with van der Waals surface area (Å²) in [6.07, 6.45) is 3.00. The molecule has 0 radical (unpaired) electrons. The molecule has 0 bridgehead atoms. The number of aromatic nitrogens is 1. The highest BCUT2D eigenvalue weighted by Gasteiger charge is 2.35. The van der Waals surface area contributed by atoms with E-state index in [2.05, 4.69) is 49.0 Å². The van der Waals surface area contributed by atoms with E-state index in [-0.39, 0.29) is 5.54 Å². The van der Waals surface area contributed by atoms with Gasteiger partial charge in [0.15, 0.2) is 0 Å². The molecular formula is C17H29N3O. The zero-order valence-corrected chi connectivity index (χ0v) is 14.0. The van der Waals surface area contributed by atoms with Crippen LogP contribution in [-0.2, 0) is 6.54 Å². The largest absolute Gasteiger partial charge is 0.481 e. The summed E-state index contributed by atoms with van der Waals surface area (Å²) < 4.78 is 5.40. The lowest BCUT2D eigenvalue weighted by molar-refractivity contribution is 0.0441. The Morgan fingerprint density at radius 1 is 1.52 bits per heavy atom. The van der Waals surface area contributed by atoms with E-state index < -0.39 is 0 Å². The minimum Gasteiger partial charge on any atom is -0.481 e. The van der Waals surface area contributed by atoms with E-state index in [1.807, 2.05) is 6.07 Å². The first-order valence-corrected chi connectivity index (χ1v) is 7.94. The van der Waals surface area contributed by atoms with Crippen LogP contribution in [0.4, 0.5) is 0 Å². The molecule has 1 aromatic rings. The van der Waals surface area contributed by atoms with Crippen molar-refractivity contribution in [2.75, 3.05) is 20.2 Å². The molecule has 4 heteroatoms. The van der Waals surface area contributed by atoms with Gasteiger partial charge in [-0.2, -0.15) is 0 Å². The van der Waals surface area contributed by atoms with Crippen LogP contribution in [0.3, 0.4) is 0 Å². The van der Waals surface area contributed by atoms with Gasteiger partial charge in [0.1, 0.15) is 0 Å². The molecule has 0 amide bonds. The van der Waals surface area contributed by atoms with Crippen molar-refractivity contribution in [3.63, 3.8) is 0 Å². The third-order valence-electron chi connectivity index (χ3n) is 4.81. The Labute approximate surface area is 128 Å². The molecular weight excluding hydrogens is 262 g/mol. The predicted molar refractivity (Wildman–Crippen MR) is 86.5 cm³/mol. The molecule has 4 nitrogen and oxygen atoms in total. The van der Waals surface area contributed by atoms with Gasteiger partial charge in [-0.1, -0.05) is 26.3 Å². The van der Waals surface area contributed by atoms with Crippen LogP contribution in [0.2, 0.25) is 0 Å². The van der Waals surface area contributed by atoms with Crippen LogP contribution in [0, 0.1) is 5.92 Å². The van der Waals surface area contributed by atoms with Crippen molar-refractivity contribution in [1.82, 2.24) is 15.2 Å². The van der Waals surface area contributed by atoms with Gasteiger partial charge < -0.3 is 10.1 Å². The molecule has 118 valence electrons. The average Bonchev–Trinajstić information content (AvgIpc) is 2.49. The second-order valence-electron chi connectivity index (χ2n) is 6.74. The monoisotopic (exact) mass is 291 g/mol. The first-order chi connectivity index (χ1) is 9.97. The molecule has 1 N–H and O–H groups in total. The zero-order chi connectivity index (χ0) is 15.5. The predicted octanol–water partition coefficient (Wildman–Crippen LogP) is 2.69. The Balaban J connectivity index is 2.14. The fourth-order valence-corrected chi connectivity index (χ4v) is 2.92. The molecule has 2 atom stereocenters. The first kappa shape index (κ1) is 16.2. The van der Waals surface area contributed by atoms with Gasteiger partial charge in [-0.15, -0.1) is 0 Å². The highest BCUT2D eigenvalue weighted by Crippen LogP contribution is 2.26. The van der Waals surface area contributed by atoms with E-state index in [1.54, 1.807) is 13.3 Å². The lowest BCUT2D eigenvalue weighted by atomic mass is 9.90. The lowest BCUT2D eigenvalue weighted by Crippen LogP contribution is -2.62. The summed E-state index contributed by atoms with van der Waals surface area (Å²) in [5.74, 6) is 1.44. The third kappa shape index (κ3) is 3.74. The van der Waals surface area contributed by atoms with Gasteiger partial charge in [-0.3, -0.25) is 4.90 Å². The number of hydrogen-bond donors (Lipinski definition) is 1. The number of hydrogen-bond acceptors (Lipinski definition) is 4. The van der Waals surface area contributed by atoms with Gasteiger partial charge in [0, 0.05) is 43.0 Å². The van der Waals surface area contributed by atoms with Gasteiger partial charge >= 0.3 is 0 Å². The van der Waals surface area contributed by atoms with Crippen LogP contribution in [0.25, 0.3) is 0 Å². The van der Waals surface area contributed by atoms with E-state index in [9.17, 15) is 0 Å². The van der Waals surface area contributed by atoms with Crippen molar-refractivity contribution < 1.29 is 4.74 Å². The van der Waals surface area contributed by atoms with Gasteiger partial charge in [0.25, 0.3) is 0 Å². The summed E-state index contributed by atoms with van der Waals surface area (Å²) in [5, 5.41) is 3.72. The maximum absolute atomic E-state index is 5.40. The second kappa shape index (κ2) is 6.75. The van der Waals surface area contributed by atoms with Gasteiger partial charge in [0.2, 0.25) is 5.88 Å². The normalized spacial score (nSPS) is 23.8. The highest BCUT2D eigenvalue weighted by atomic mass is 16.5. The van der Waals surface area contributed by atoms with Crippen LogP contribution in [0.1, 0.15) is 39.7 Å². The molecule has 1 aliphatic rings. The Bertz CT molecular complexity index is 461. The van der Waals surface area contributed by atoms with Crippen molar-refractivity contribution in [2.24, 2.45) is 5.92 Å². The standard InChI is InChI=1S/C17H29N3O/c1-6-13(2)15-11-20(17(3,4)12-19-15)10-14-8-7-9-18-16(14)21-5/h7-9,13,15,19H,6,10-12H2,1-5H3. The molecule has 21 heavy (non-hydrogen) atoms. The quantitative estimate of drug-likeness (QED) is 0.905. The number of nitrogens with zero attached hydrogens (tertiary/aromatic N) is 2. The van der Waals surface area contributed by atoms with Crippen molar-refractivity contribution in [2.45, 2.75) is 52.2 Å². The van der Waals surface area contributed by atoms with Crippen molar-refractivity contribution >= 4 is 0 Å². The average molecular weight is 291 g/mol. The molecule has 2 heterocycles. The van der Waals surface area contributed by atoms with Crippen LogP contribution < -0.4 is 10.1 Å². The summed E-state index contributed by atoms with van der Waals surface area (Å²) >= 11 is 0. The molecule has 1 aromatic heterocycles. The Morgan fingerprint density at radius 3 is 2.95 bits per heavy atom. The summed E-state index contributed by atoms with van der Waals surface area (Å²) in [4.78, 5) is 6.87. The summed E-state index contributed by atoms with van der Waals surface area (Å²) in [6, 6.07) is 4.66. The second-order valence-corrected chi connectivity index (χ2v) is 6.74. The smallest absolute Gasteiger partial charge is 0.217 e. The van der Waals surface area contributed by atoms with Crippen LogP contribution >= 0.6 is 0 Å². The van der Waals surface area contributed by atoms with E-state index in [0.29, 0.717) is 12.0 Å². The summed E-state index contributed by atoms with van der Waals surface area (Å²) in [7, 11) is 1.69. The van der Waals surface area contributed by atoms with Gasteiger partial charge in [0.05, 0.1) is 7.11 Å². The van der Waals surface area contributed by atoms with E-state index in [4.69, 9.17) is 4.74 Å². The number of ether oxygens (including phenoxy) is 1. The molecule has 0 spiro atoms. The maximum Gasteiger partial charge on any atom is 0.217 e. The third-order valence-corrected chi connectivity index (χ3v) is 4.81. The van der Waals surface area contributed by atoms with E-state index in [0.717, 1.165) is 31.1 Å². The van der Waals surface area contributed by atoms with Crippen LogP contribution in [0.15, 0.2) is 18.3 Å². The molecule has 2 unspecified atom stereocenters. The highest BCUT2D eigenvalue weighted by molar-refractivity contribution is 5.25. The lowest BCUT2D eigenvalue weighted by Gasteiger charge is -2.47. The van der Waals surface area contributed by atoms with E-state index in [1.165, 1.54) is 6.42 Å². The molecule has 2 rings (SSSR count). The topological polar surface area (TPSA) is 37.4 Å². The Hall–Kier alpha value is -1.13. The molecule has 1 aliphatic heterocycles. The Kier molecular flexibility index (Phi) is 5.22. The number of nitrogens with one attached hydrogen (secondary N) is 1. The molecule has 0 saturated carbocycles. The molecule has 1 saturated heterocycles. The fraction of sp³-hybridized carbons (Fsp3) is 0.706. The summed E-state index contributed by atoms with van der Waals surface area (Å²) in [6.45, 7) is 12.2. The van der Waals surface area contributed by atoms with Crippen molar-refractivity contribution in [1.29, 1.82) is 0 Å². The first-order valence-electron chi connectivity index (χ1n) is 7.94. The van der Waals surface area contributed by atoms with Gasteiger partial charge in [-0.05, 0) is 25.8 Å². The zero-order valence-electron chi connectivity index (χ0n) is 14.0. The van der Waals surface area contributed by atoms with Crippen LogP contribution in [0.5, 0.6) is 5.88 Å². The van der Waals surface area contributed by atoms with Gasteiger partial charge in [-0.25, -0.2) is 4.98 Å². The molecule has 0 aromatic carbocycles. The van der Waals surface area contributed by atoms with Crippen molar-refractivity contribution in [3.8, 4) is 5.88 Å². The number of piperazine rings is 1. The molecule has 0 aliphatic carbocycles. The number of pyridine rings is 1. The maximum atomic E-state index is 5.40. The SMILES string of the molecule is CCC(C)C1CN(Cc2cccnc2OC)C(C)(C)CN1. The van der Waals surface area contributed by atoms with Crippen LogP contribution in [-0.4, -0.2) is 41.7 Å². The number of rotatable bonds is 5. The Morgan fingerprint density at radius 2 is 2.29 bits per heavy atom. The minimum atomic E-state index is 0.144. The minimum absolute atomic E-state index is 0.144. The van der Waals surface area contributed by atoms with E-state index >= 15 is 0 Å². The van der Waals surface area contributed by atoms with Crippen molar-refractivity contribution in [3.05, 3.63) is 23.9 Å². The molecule has 1 fully saturated rings.